The number of hydrogen-bond acceptors (Lipinski definition) is 4. The van der Waals surface area contributed by atoms with Crippen LogP contribution in [0.5, 0.6) is 11.5 Å². The molecule has 0 spiro atoms. The molecule has 0 aliphatic carbocycles. The lowest BCUT2D eigenvalue weighted by molar-refractivity contribution is 0.408. The van der Waals surface area contributed by atoms with Crippen LogP contribution < -0.4 is 0 Å². The standard InChI is InChI=1S/C10H8O5S/c11-9-4-2-6-1-3-7(16(13,14)15)5-8(6)10(9)12/h1-5,11-12H,(H,13,14,15). The molecule has 0 fully saturated rings. The van der Waals surface area contributed by atoms with Crippen LogP contribution in [0.15, 0.2) is 35.2 Å². The molecule has 0 atom stereocenters. The van der Waals surface area contributed by atoms with E-state index in [1.54, 1.807) is 0 Å². The fourth-order valence-corrected chi connectivity index (χ4v) is 1.94. The summed E-state index contributed by atoms with van der Waals surface area (Å²) in [7, 11) is -4.32. The van der Waals surface area contributed by atoms with Gasteiger partial charge in [-0.15, -0.1) is 0 Å². The Bertz CT molecular complexity index is 660. The predicted octanol–water partition coefficient (Wildman–Crippen LogP) is 1.50. The number of aromatic hydroxyl groups is 2. The molecule has 2 rings (SSSR count). The molecule has 2 aromatic rings. The minimum absolute atomic E-state index is 0.162. The van der Waals surface area contributed by atoms with Gasteiger partial charge in [0.1, 0.15) is 0 Å². The van der Waals surface area contributed by atoms with E-state index in [9.17, 15) is 18.6 Å². The molecule has 3 N–H and O–H groups in total. The van der Waals surface area contributed by atoms with Crippen LogP contribution in [-0.2, 0) is 10.1 Å². The van der Waals surface area contributed by atoms with Crippen molar-refractivity contribution < 1.29 is 23.2 Å². The third-order valence-electron chi connectivity index (χ3n) is 2.24. The smallest absolute Gasteiger partial charge is 0.294 e. The Kier molecular flexibility index (Phi) is 2.25. The number of benzene rings is 2. The number of hydrogen-bond donors (Lipinski definition) is 3. The highest BCUT2D eigenvalue weighted by atomic mass is 32.2. The second-order valence-electron chi connectivity index (χ2n) is 3.29. The first-order valence-corrected chi connectivity index (χ1v) is 5.76. The van der Waals surface area contributed by atoms with E-state index in [0.717, 1.165) is 6.07 Å². The van der Waals surface area contributed by atoms with E-state index in [1.165, 1.54) is 24.3 Å². The van der Waals surface area contributed by atoms with Crippen molar-refractivity contribution in [1.29, 1.82) is 0 Å². The van der Waals surface area contributed by atoms with Gasteiger partial charge in [-0.2, -0.15) is 8.42 Å². The van der Waals surface area contributed by atoms with Gasteiger partial charge in [0.15, 0.2) is 11.5 Å². The first-order chi connectivity index (χ1) is 7.39. The van der Waals surface area contributed by atoms with E-state index < -0.39 is 15.9 Å². The summed E-state index contributed by atoms with van der Waals surface area (Å²) in [5.74, 6) is -0.761. The zero-order valence-corrected chi connectivity index (χ0v) is 8.77. The zero-order valence-electron chi connectivity index (χ0n) is 7.95. The summed E-state index contributed by atoms with van der Waals surface area (Å²) in [6.07, 6.45) is 0. The highest BCUT2D eigenvalue weighted by Gasteiger charge is 2.12. The molecule has 0 aliphatic rings. The van der Waals surface area contributed by atoms with Gasteiger partial charge < -0.3 is 10.2 Å². The third kappa shape index (κ3) is 1.68. The van der Waals surface area contributed by atoms with Gasteiger partial charge in [0.2, 0.25) is 0 Å². The lowest BCUT2D eigenvalue weighted by atomic mass is 10.1. The van der Waals surface area contributed by atoms with Crippen LogP contribution in [-0.4, -0.2) is 23.2 Å². The number of rotatable bonds is 1. The van der Waals surface area contributed by atoms with E-state index >= 15 is 0 Å². The molecule has 84 valence electrons. The van der Waals surface area contributed by atoms with Gasteiger partial charge in [-0.1, -0.05) is 12.1 Å². The van der Waals surface area contributed by atoms with Crippen LogP contribution in [0.3, 0.4) is 0 Å². The number of phenols is 2. The molecule has 0 aliphatic heterocycles. The molecule has 2 aromatic carbocycles. The predicted molar refractivity (Wildman–Crippen MR) is 57.1 cm³/mol. The Labute approximate surface area is 91.3 Å². The fourth-order valence-electron chi connectivity index (χ4n) is 1.43. The highest BCUT2D eigenvalue weighted by Crippen LogP contribution is 2.34. The second-order valence-corrected chi connectivity index (χ2v) is 4.71. The Morgan fingerprint density at radius 2 is 1.62 bits per heavy atom. The van der Waals surface area contributed by atoms with Crippen molar-refractivity contribution in [3.05, 3.63) is 30.3 Å². The Morgan fingerprint density at radius 3 is 2.25 bits per heavy atom. The van der Waals surface area contributed by atoms with Crippen LogP contribution in [0.2, 0.25) is 0 Å². The van der Waals surface area contributed by atoms with Gasteiger partial charge in [-0.05, 0) is 23.6 Å². The Balaban J connectivity index is 2.84. The summed E-state index contributed by atoms with van der Waals surface area (Å²) >= 11 is 0. The van der Waals surface area contributed by atoms with E-state index in [-0.39, 0.29) is 16.0 Å². The van der Waals surface area contributed by atoms with Crippen LogP contribution in [0.1, 0.15) is 0 Å². The molecule has 0 saturated carbocycles. The van der Waals surface area contributed by atoms with Crippen LogP contribution >= 0.6 is 0 Å². The molecule has 0 saturated heterocycles. The number of phenolic OH excluding ortho intramolecular Hbond substituents is 2. The second kappa shape index (κ2) is 3.36. The summed E-state index contributed by atoms with van der Waals surface area (Å²) in [4.78, 5) is -0.332. The van der Waals surface area contributed by atoms with Crippen molar-refractivity contribution in [3.8, 4) is 11.5 Å². The molecule has 0 unspecified atom stereocenters. The van der Waals surface area contributed by atoms with Crippen LogP contribution in [0.4, 0.5) is 0 Å². The molecule has 5 nitrogen and oxygen atoms in total. The Hall–Kier alpha value is -1.79. The SMILES string of the molecule is O=S(=O)(O)c1ccc2ccc(O)c(O)c2c1. The van der Waals surface area contributed by atoms with Gasteiger partial charge in [0.25, 0.3) is 10.1 Å². The van der Waals surface area contributed by atoms with Crippen molar-refractivity contribution in [1.82, 2.24) is 0 Å². The molecule has 0 bridgehead atoms. The van der Waals surface area contributed by atoms with Gasteiger partial charge >= 0.3 is 0 Å². The summed E-state index contributed by atoms with van der Waals surface area (Å²) in [6, 6.07) is 6.56. The molecule has 6 heteroatoms. The minimum Gasteiger partial charge on any atom is -0.504 e. The van der Waals surface area contributed by atoms with E-state index in [2.05, 4.69) is 0 Å². The molecule has 0 aromatic heterocycles. The minimum atomic E-state index is -4.32. The number of fused-ring (bicyclic) bond motifs is 1. The first-order valence-electron chi connectivity index (χ1n) is 4.32. The van der Waals surface area contributed by atoms with E-state index in [0.29, 0.717) is 5.39 Å². The molecule has 0 heterocycles. The maximum atomic E-state index is 10.9. The van der Waals surface area contributed by atoms with Crippen molar-refractivity contribution >= 4 is 20.9 Å². The molecular weight excluding hydrogens is 232 g/mol. The van der Waals surface area contributed by atoms with Crippen molar-refractivity contribution in [3.63, 3.8) is 0 Å². The van der Waals surface area contributed by atoms with Crippen molar-refractivity contribution in [2.45, 2.75) is 4.90 Å². The molecule has 0 radical (unpaired) electrons. The highest BCUT2D eigenvalue weighted by molar-refractivity contribution is 7.85. The largest absolute Gasteiger partial charge is 0.504 e. The summed E-state index contributed by atoms with van der Waals surface area (Å²) in [5, 5.41) is 19.5. The monoisotopic (exact) mass is 240 g/mol. The van der Waals surface area contributed by atoms with Crippen molar-refractivity contribution in [2.24, 2.45) is 0 Å². The van der Waals surface area contributed by atoms with Crippen molar-refractivity contribution in [2.75, 3.05) is 0 Å². The van der Waals surface area contributed by atoms with Gasteiger partial charge in [0, 0.05) is 5.39 Å². The summed E-state index contributed by atoms with van der Waals surface area (Å²) in [5.41, 5.74) is 0. The van der Waals surface area contributed by atoms with E-state index in [4.69, 9.17) is 4.55 Å². The lowest BCUT2D eigenvalue weighted by Gasteiger charge is -2.04. The van der Waals surface area contributed by atoms with Gasteiger partial charge in [-0.3, -0.25) is 4.55 Å². The topological polar surface area (TPSA) is 94.8 Å². The average molecular weight is 240 g/mol. The fraction of sp³-hybridized carbons (Fsp3) is 0. The van der Waals surface area contributed by atoms with Gasteiger partial charge in [0.05, 0.1) is 4.90 Å². The molecule has 16 heavy (non-hydrogen) atoms. The maximum Gasteiger partial charge on any atom is 0.294 e. The summed E-state index contributed by atoms with van der Waals surface area (Å²) < 4.78 is 30.6. The Morgan fingerprint density at radius 1 is 1.00 bits per heavy atom. The van der Waals surface area contributed by atoms with Crippen LogP contribution in [0, 0.1) is 0 Å². The quantitative estimate of drug-likeness (QED) is 0.518. The first kappa shape index (κ1) is 10.7. The average Bonchev–Trinajstić information content (AvgIpc) is 2.22. The molecular formula is C10H8O5S. The normalized spacial score (nSPS) is 11.8. The van der Waals surface area contributed by atoms with Crippen LogP contribution in [0.25, 0.3) is 10.8 Å². The summed E-state index contributed by atoms with van der Waals surface area (Å²) in [6.45, 7) is 0. The third-order valence-corrected chi connectivity index (χ3v) is 3.09. The lowest BCUT2D eigenvalue weighted by Crippen LogP contribution is -1.97. The van der Waals surface area contributed by atoms with Gasteiger partial charge in [-0.25, -0.2) is 0 Å². The van der Waals surface area contributed by atoms with E-state index in [1.807, 2.05) is 0 Å². The molecule has 0 amide bonds. The zero-order chi connectivity index (χ0) is 11.9. The maximum absolute atomic E-state index is 10.9.